The number of benzene rings is 1. The van der Waals surface area contributed by atoms with Crippen molar-refractivity contribution < 1.29 is 9.00 Å². The maximum atomic E-state index is 12.2. The highest BCUT2D eigenvalue weighted by molar-refractivity contribution is 7.86. The zero-order valence-corrected chi connectivity index (χ0v) is 13.0. The largest absolute Gasteiger partial charge is 0.293 e. The van der Waals surface area contributed by atoms with E-state index < -0.39 is 16.0 Å². The van der Waals surface area contributed by atoms with Gasteiger partial charge in [0.2, 0.25) is 0 Å². The van der Waals surface area contributed by atoms with Crippen molar-refractivity contribution in [1.82, 2.24) is 0 Å². The van der Waals surface area contributed by atoms with Gasteiger partial charge in [0.05, 0.1) is 5.25 Å². The predicted octanol–water partition coefficient (Wildman–Crippen LogP) is 3.76. The second-order valence-corrected chi connectivity index (χ2v) is 6.73. The van der Waals surface area contributed by atoms with Crippen molar-refractivity contribution in [3.05, 3.63) is 35.4 Å². The first-order valence-corrected chi connectivity index (χ1v) is 8.48. The van der Waals surface area contributed by atoms with Crippen molar-refractivity contribution in [3.8, 4) is 0 Å². The molecule has 0 spiro atoms. The first-order valence-electron chi connectivity index (χ1n) is 7.10. The zero-order chi connectivity index (χ0) is 14.3. The first kappa shape index (κ1) is 16.1. The molecule has 0 saturated heterocycles. The summed E-state index contributed by atoms with van der Waals surface area (Å²) in [5.74, 6) is 0.630. The predicted molar refractivity (Wildman–Crippen MR) is 82.1 cm³/mol. The van der Waals surface area contributed by atoms with Crippen molar-refractivity contribution >= 4 is 16.6 Å². The molecule has 0 fully saturated rings. The normalized spacial score (nSPS) is 14.1. The summed E-state index contributed by atoms with van der Waals surface area (Å²) < 4.78 is 12.0. The van der Waals surface area contributed by atoms with Gasteiger partial charge in [-0.2, -0.15) is 0 Å². The van der Waals surface area contributed by atoms with E-state index in [0.717, 1.165) is 25.7 Å². The minimum Gasteiger partial charge on any atom is -0.293 e. The lowest BCUT2D eigenvalue weighted by molar-refractivity contribution is 0.0992. The zero-order valence-electron chi connectivity index (χ0n) is 12.1. The van der Waals surface area contributed by atoms with Gasteiger partial charge in [-0.15, -0.1) is 0 Å². The number of unbranched alkanes of at least 4 members (excludes halogenated alkanes) is 2. The Morgan fingerprint density at radius 3 is 2.32 bits per heavy atom. The van der Waals surface area contributed by atoms with Crippen LogP contribution in [0.25, 0.3) is 0 Å². The summed E-state index contributed by atoms with van der Waals surface area (Å²) in [6, 6.07) is 7.64. The van der Waals surface area contributed by atoms with Gasteiger partial charge in [-0.25, -0.2) is 0 Å². The number of carbonyl (C=O) groups is 1. The van der Waals surface area contributed by atoms with Gasteiger partial charge in [-0.05, 0) is 25.3 Å². The number of rotatable bonds is 8. The molecule has 0 N–H and O–H groups in total. The molecule has 0 aliphatic heterocycles. The van der Waals surface area contributed by atoms with Gasteiger partial charge in [0.25, 0.3) is 0 Å². The van der Waals surface area contributed by atoms with Crippen LogP contribution in [0.3, 0.4) is 0 Å². The Morgan fingerprint density at radius 1 is 1.16 bits per heavy atom. The van der Waals surface area contributed by atoms with Gasteiger partial charge < -0.3 is 0 Å². The molecule has 2 atom stereocenters. The molecule has 1 aromatic rings. The standard InChI is InChI=1S/C16H24O2S/c1-4-6-7-12-19(18)13(3)16(17)15-10-8-14(5-2)9-11-15/h8-11,13H,4-7,12H2,1-3H3. The van der Waals surface area contributed by atoms with Crippen molar-refractivity contribution in [3.63, 3.8) is 0 Å². The van der Waals surface area contributed by atoms with E-state index in [2.05, 4.69) is 13.8 Å². The van der Waals surface area contributed by atoms with Crippen molar-refractivity contribution in [2.24, 2.45) is 0 Å². The summed E-state index contributed by atoms with van der Waals surface area (Å²) in [7, 11) is -1.05. The number of Topliss-reactive ketones (excluding diaryl/α,β-unsaturated/α-hetero) is 1. The molecule has 1 rings (SSSR count). The Labute approximate surface area is 119 Å². The van der Waals surface area contributed by atoms with Crippen LogP contribution in [0.1, 0.15) is 56.0 Å². The molecule has 0 saturated carbocycles. The van der Waals surface area contributed by atoms with Crippen LogP contribution in [0.2, 0.25) is 0 Å². The fourth-order valence-electron chi connectivity index (χ4n) is 1.93. The molecule has 0 bridgehead atoms. The number of aryl methyl sites for hydroxylation is 1. The molecule has 0 aliphatic carbocycles. The summed E-state index contributed by atoms with van der Waals surface area (Å²) in [6.45, 7) is 5.98. The second-order valence-electron chi connectivity index (χ2n) is 4.85. The highest BCUT2D eigenvalue weighted by atomic mass is 32.2. The molecule has 19 heavy (non-hydrogen) atoms. The van der Waals surface area contributed by atoms with E-state index in [9.17, 15) is 9.00 Å². The highest BCUT2D eigenvalue weighted by Crippen LogP contribution is 2.12. The fraction of sp³-hybridized carbons (Fsp3) is 0.562. The van der Waals surface area contributed by atoms with E-state index >= 15 is 0 Å². The van der Waals surface area contributed by atoms with Gasteiger partial charge in [-0.1, -0.05) is 51.0 Å². The van der Waals surface area contributed by atoms with Crippen LogP contribution < -0.4 is 0 Å². The van der Waals surface area contributed by atoms with Gasteiger partial charge in [0.15, 0.2) is 5.78 Å². The molecule has 0 aliphatic rings. The number of hydrogen-bond donors (Lipinski definition) is 0. The Hall–Kier alpha value is -0.960. The quantitative estimate of drug-likeness (QED) is 0.537. The third-order valence-electron chi connectivity index (χ3n) is 3.36. The van der Waals surface area contributed by atoms with Gasteiger partial charge in [0.1, 0.15) is 0 Å². The number of ketones is 1. The van der Waals surface area contributed by atoms with Crippen LogP contribution in [0.4, 0.5) is 0 Å². The van der Waals surface area contributed by atoms with E-state index in [-0.39, 0.29) is 5.78 Å². The third kappa shape index (κ3) is 4.90. The summed E-state index contributed by atoms with van der Waals surface area (Å²) >= 11 is 0. The minimum absolute atomic E-state index is 0.00233. The van der Waals surface area contributed by atoms with Crippen LogP contribution in [-0.2, 0) is 17.2 Å². The molecule has 0 amide bonds. The minimum atomic E-state index is -1.05. The second kappa shape index (κ2) is 8.26. The van der Waals surface area contributed by atoms with Gasteiger partial charge >= 0.3 is 0 Å². The van der Waals surface area contributed by atoms with Gasteiger partial charge in [0, 0.05) is 22.1 Å². The lowest BCUT2D eigenvalue weighted by Gasteiger charge is -2.10. The Balaban J connectivity index is 2.62. The van der Waals surface area contributed by atoms with Crippen LogP contribution in [0, 0.1) is 0 Å². The van der Waals surface area contributed by atoms with Crippen LogP contribution in [-0.4, -0.2) is 21.0 Å². The summed E-state index contributed by atoms with van der Waals surface area (Å²) in [5.41, 5.74) is 1.89. The molecule has 1 aromatic carbocycles. The van der Waals surface area contributed by atoms with E-state index in [4.69, 9.17) is 0 Å². The topological polar surface area (TPSA) is 34.1 Å². The summed E-state index contributed by atoms with van der Waals surface area (Å²) in [5, 5.41) is -0.399. The highest BCUT2D eigenvalue weighted by Gasteiger charge is 2.20. The molecule has 2 nitrogen and oxygen atoms in total. The maximum absolute atomic E-state index is 12.2. The molecule has 0 aromatic heterocycles. The van der Waals surface area contributed by atoms with Crippen LogP contribution >= 0.6 is 0 Å². The van der Waals surface area contributed by atoms with E-state index in [1.165, 1.54) is 5.56 Å². The molecule has 3 heteroatoms. The molecule has 0 radical (unpaired) electrons. The van der Waals surface area contributed by atoms with Crippen molar-refractivity contribution in [2.75, 3.05) is 5.75 Å². The smallest absolute Gasteiger partial charge is 0.178 e. The average molecular weight is 280 g/mol. The molecular formula is C16H24O2S. The first-order chi connectivity index (χ1) is 9.10. The molecule has 2 unspecified atom stereocenters. The SMILES string of the molecule is CCCCCS(=O)C(C)C(=O)c1ccc(CC)cc1. The molecule has 0 heterocycles. The van der Waals surface area contributed by atoms with E-state index in [1.807, 2.05) is 24.3 Å². The Kier molecular flexibility index (Phi) is 7.00. The molecule has 106 valence electrons. The lowest BCUT2D eigenvalue weighted by Crippen LogP contribution is -2.24. The average Bonchev–Trinajstić information content (AvgIpc) is 2.46. The summed E-state index contributed by atoms with van der Waals surface area (Å²) in [4.78, 5) is 12.2. The van der Waals surface area contributed by atoms with Crippen LogP contribution in [0.15, 0.2) is 24.3 Å². The van der Waals surface area contributed by atoms with Gasteiger partial charge in [-0.3, -0.25) is 9.00 Å². The Morgan fingerprint density at radius 2 is 1.79 bits per heavy atom. The van der Waals surface area contributed by atoms with E-state index in [0.29, 0.717) is 11.3 Å². The maximum Gasteiger partial charge on any atom is 0.178 e. The Bertz CT molecular complexity index is 423. The lowest BCUT2D eigenvalue weighted by atomic mass is 10.1. The number of hydrogen-bond acceptors (Lipinski definition) is 2. The third-order valence-corrected chi connectivity index (χ3v) is 5.05. The monoisotopic (exact) mass is 280 g/mol. The van der Waals surface area contributed by atoms with Crippen molar-refractivity contribution in [2.45, 2.75) is 51.7 Å². The van der Waals surface area contributed by atoms with E-state index in [1.54, 1.807) is 6.92 Å². The fourth-order valence-corrected chi connectivity index (χ4v) is 3.15. The summed E-state index contributed by atoms with van der Waals surface area (Å²) in [6.07, 6.45) is 4.10. The molecular weight excluding hydrogens is 256 g/mol. The van der Waals surface area contributed by atoms with Crippen LogP contribution in [0.5, 0.6) is 0 Å². The van der Waals surface area contributed by atoms with Crippen molar-refractivity contribution in [1.29, 1.82) is 0 Å². The number of carbonyl (C=O) groups excluding carboxylic acids is 1.